The second-order valence-corrected chi connectivity index (χ2v) is 8.40. The highest BCUT2D eigenvalue weighted by molar-refractivity contribution is 6.42. The smallest absolute Gasteiger partial charge is 0.0595 e. The average molecular weight is 351 g/mol. The highest BCUT2D eigenvalue weighted by Crippen LogP contribution is 2.44. The second-order valence-electron chi connectivity index (χ2n) is 7.59. The van der Waals surface area contributed by atoms with Crippen molar-refractivity contribution in [1.29, 1.82) is 0 Å². The molecule has 0 saturated heterocycles. The lowest BCUT2D eigenvalue weighted by Gasteiger charge is -2.38. The van der Waals surface area contributed by atoms with E-state index in [1.807, 2.05) is 6.07 Å². The zero-order valence-corrected chi connectivity index (χ0v) is 15.5. The molecule has 0 aliphatic heterocycles. The van der Waals surface area contributed by atoms with E-state index in [1.54, 1.807) is 0 Å². The van der Waals surface area contributed by atoms with Gasteiger partial charge < -0.3 is 0 Å². The SMILES string of the molecule is C=CCC1CCC(C2CCC(c3ccc(Cl)c(Cl)c3)CC2)CC1. The largest absolute Gasteiger partial charge is 0.103 e. The maximum absolute atomic E-state index is 6.18. The van der Waals surface area contributed by atoms with Crippen LogP contribution >= 0.6 is 23.2 Å². The number of hydrogen-bond acceptors (Lipinski definition) is 0. The summed E-state index contributed by atoms with van der Waals surface area (Å²) in [5, 5.41) is 1.37. The maximum Gasteiger partial charge on any atom is 0.0595 e. The lowest BCUT2D eigenvalue weighted by atomic mass is 9.68. The first-order valence-corrected chi connectivity index (χ1v) is 9.98. The lowest BCUT2D eigenvalue weighted by Crippen LogP contribution is -2.25. The van der Waals surface area contributed by atoms with Crippen molar-refractivity contribution in [3.63, 3.8) is 0 Å². The molecule has 0 heterocycles. The van der Waals surface area contributed by atoms with Crippen LogP contribution in [0.5, 0.6) is 0 Å². The molecule has 0 N–H and O–H groups in total. The lowest BCUT2D eigenvalue weighted by molar-refractivity contribution is 0.161. The molecule has 0 aromatic heterocycles. The predicted molar refractivity (Wildman–Crippen MR) is 101 cm³/mol. The van der Waals surface area contributed by atoms with Crippen LogP contribution in [0.3, 0.4) is 0 Å². The van der Waals surface area contributed by atoms with Crippen LogP contribution in [0.25, 0.3) is 0 Å². The van der Waals surface area contributed by atoms with Crippen LogP contribution in [0.15, 0.2) is 30.9 Å². The number of halogens is 2. The van der Waals surface area contributed by atoms with Gasteiger partial charge in [-0.15, -0.1) is 6.58 Å². The van der Waals surface area contributed by atoms with Gasteiger partial charge in [-0.2, -0.15) is 0 Å². The normalized spacial score (nSPS) is 31.7. The van der Waals surface area contributed by atoms with Gasteiger partial charge in [0.25, 0.3) is 0 Å². The minimum atomic E-state index is 0.667. The number of benzene rings is 1. The number of allylic oxidation sites excluding steroid dienone is 1. The fraction of sp³-hybridized carbons (Fsp3) is 0.619. The first kappa shape index (κ1) is 17.4. The predicted octanol–water partition coefficient (Wildman–Crippen LogP) is 7.65. The quantitative estimate of drug-likeness (QED) is 0.489. The molecule has 0 amide bonds. The van der Waals surface area contributed by atoms with Gasteiger partial charge >= 0.3 is 0 Å². The molecule has 1 aromatic rings. The van der Waals surface area contributed by atoms with Crippen LogP contribution in [0, 0.1) is 17.8 Å². The summed E-state index contributed by atoms with van der Waals surface area (Å²) in [6.07, 6.45) is 14.5. The van der Waals surface area contributed by atoms with Gasteiger partial charge in [0.2, 0.25) is 0 Å². The molecule has 0 spiro atoms. The third-order valence-electron chi connectivity index (χ3n) is 6.24. The average Bonchev–Trinajstić information content (AvgIpc) is 2.59. The molecule has 23 heavy (non-hydrogen) atoms. The summed E-state index contributed by atoms with van der Waals surface area (Å²) in [5.74, 6) is 3.53. The first-order valence-electron chi connectivity index (χ1n) is 9.23. The topological polar surface area (TPSA) is 0 Å². The standard InChI is InChI=1S/C21H28Cl2/c1-2-3-15-4-6-16(7-5-15)17-8-10-18(11-9-17)19-12-13-20(22)21(23)14-19/h2,12-18H,1,3-11H2. The molecule has 0 bridgehead atoms. The van der Waals surface area contributed by atoms with Gasteiger partial charge in [0.1, 0.15) is 0 Å². The van der Waals surface area contributed by atoms with E-state index in [0.29, 0.717) is 16.0 Å². The molecule has 2 aliphatic rings. The summed E-state index contributed by atoms with van der Waals surface area (Å²) in [7, 11) is 0. The van der Waals surface area contributed by atoms with Crippen LogP contribution in [0.4, 0.5) is 0 Å². The summed E-state index contributed by atoms with van der Waals surface area (Å²) in [4.78, 5) is 0. The molecule has 2 heteroatoms. The van der Waals surface area contributed by atoms with E-state index >= 15 is 0 Å². The Morgan fingerprint density at radius 1 is 0.870 bits per heavy atom. The summed E-state index contributed by atoms with van der Waals surface area (Å²) in [5.41, 5.74) is 1.38. The molecular weight excluding hydrogens is 323 g/mol. The molecule has 0 radical (unpaired) electrons. The Morgan fingerprint density at radius 3 is 2.04 bits per heavy atom. The van der Waals surface area contributed by atoms with Gasteiger partial charge in [-0.3, -0.25) is 0 Å². The van der Waals surface area contributed by atoms with E-state index in [2.05, 4.69) is 24.8 Å². The Balaban J connectivity index is 1.50. The van der Waals surface area contributed by atoms with Crippen molar-refractivity contribution in [1.82, 2.24) is 0 Å². The summed E-state index contributed by atoms with van der Waals surface area (Å²) in [6.45, 7) is 3.89. The third-order valence-corrected chi connectivity index (χ3v) is 6.98. The van der Waals surface area contributed by atoms with Crippen molar-refractivity contribution in [3.8, 4) is 0 Å². The Morgan fingerprint density at radius 2 is 1.48 bits per heavy atom. The summed E-state index contributed by atoms with van der Waals surface area (Å²) in [6, 6.07) is 6.20. The fourth-order valence-corrected chi connectivity index (χ4v) is 5.13. The summed E-state index contributed by atoms with van der Waals surface area (Å²) >= 11 is 12.2. The molecule has 0 unspecified atom stereocenters. The van der Waals surface area contributed by atoms with Crippen molar-refractivity contribution in [3.05, 3.63) is 46.5 Å². The maximum atomic E-state index is 6.18. The van der Waals surface area contributed by atoms with Crippen molar-refractivity contribution in [2.75, 3.05) is 0 Å². The van der Waals surface area contributed by atoms with Crippen LogP contribution in [-0.4, -0.2) is 0 Å². The number of rotatable bonds is 4. The number of hydrogen-bond donors (Lipinski definition) is 0. The zero-order chi connectivity index (χ0) is 16.2. The Kier molecular flexibility index (Phi) is 6.10. The monoisotopic (exact) mass is 350 g/mol. The molecule has 2 aliphatic carbocycles. The van der Waals surface area contributed by atoms with Gasteiger partial charge in [0.15, 0.2) is 0 Å². The van der Waals surface area contributed by atoms with E-state index in [-0.39, 0.29) is 0 Å². The van der Waals surface area contributed by atoms with Crippen LogP contribution < -0.4 is 0 Å². The van der Waals surface area contributed by atoms with E-state index < -0.39 is 0 Å². The first-order chi connectivity index (χ1) is 11.2. The van der Waals surface area contributed by atoms with Crippen molar-refractivity contribution in [2.24, 2.45) is 17.8 Å². The van der Waals surface area contributed by atoms with Gasteiger partial charge in [-0.25, -0.2) is 0 Å². The van der Waals surface area contributed by atoms with Crippen molar-refractivity contribution < 1.29 is 0 Å². The third kappa shape index (κ3) is 4.34. The second kappa shape index (κ2) is 8.08. The molecule has 2 fully saturated rings. The van der Waals surface area contributed by atoms with Gasteiger partial charge in [0, 0.05) is 0 Å². The zero-order valence-electron chi connectivity index (χ0n) is 13.9. The van der Waals surface area contributed by atoms with Gasteiger partial charge in [0.05, 0.1) is 10.0 Å². The van der Waals surface area contributed by atoms with Gasteiger partial charge in [-0.1, -0.05) is 35.3 Å². The Hall–Kier alpha value is -0.460. The Bertz CT molecular complexity index is 521. The molecule has 0 atom stereocenters. The fourth-order valence-electron chi connectivity index (χ4n) is 4.82. The van der Waals surface area contributed by atoms with E-state index in [1.165, 1.54) is 63.4 Å². The molecule has 1 aromatic carbocycles. The highest BCUT2D eigenvalue weighted by atomic mass is 35.5. The van der Waals surface area contributed by atoms with E-state index in [9.17, 15) is 0 Å². The minimum Gasteiger partial charge on any atom is -0.103 e. The van der Waals surface area contributed by atoms with E-state index in [0.717, 1.165) is 17.8 Å². The molecule has 0 nitrogen and oxygen atoms in total. The van der Waals surface area contributed by atoms with Crippen LogP contribution in [0.1, 0.15) is 69.3 Å². The van der Waals surface area contributed by atoms with Crippen LogP contribution in [-0.2, 0) is 0 Å². The van der Waals surface area contributed by atoms with E-state index in [4.69, 9.17) is 23.2 Å². The molecule has 2 saturated carbocycles. The summed E-state index contributed by atoms with van der Waals surface area (Å²) < 4.78 is 0. The minimum absolute atomic E-state index is 0.667. The van der Waals surface area contributed by atoms with Crippen molar-refractivity contribution >= 4 is 23.2 Å². The van der Waals surface area contributed by atoms with Crippen molar-refractivity contribution in [2.45, 2.75) is 63.7 Å². The molecule has 3 rings (SSSR count). The van der Waals surface area contributed by atoms with Gasteiger partial charge in [-0.05, 0) is 99.2 Å². The molecular formula is C21H28Cl2. The highest BCUT2D eigenvalue weighted by Gasteiger charge is 2.31. The molecule has 126 valence electrons. The van der Waals surface area contributed by atoms with Crippen LogP contribution in [0.2, 0.25) is 10.0 Å². The Labute approximate surface area is 151 Å².